The molecule has 2 aliphatic rings. The van der Waals surface area contributed by atoms with E-state index < -0.39 is 0 Å². The predicted octanol–water partition coefficient (Wildman–Crippen LogP) is 2.97. The first-order valence-electron chi connectivity index (χ1n) is 6.46. The molecule has 2 aliphatic carbocycles. The fraction of sp³-hybridized carbons (Fsp3) is 0.600. The third-order valence-electron chi connectivity index (χ3n) is 4.87. The van der Waals surface area contributed by atoms with Crippen molar-refractivity contribution < 1.29 is 0 Å². The van der Waals surface area contributed by atoms with E-state index in [2.05, 4.69) is 32.0 Å². The zero-order chi connectivity index (χ0) is 11.3. The van der Waals surface area contributed by atoms with Crippen LogP contribution in [0.1, 0.15) is 36.0 Å². The Morgan fingerprint density at radius 3 is 2.50 bits per heavy atom. The Labute approximate surface area is 98.0 Å². The standard InChI is InChI=1S/C15H21N/c1-10-6-7-12(8-11(10)2)9-15(16)13-4-3-5-14(13)15/h6-8,13-14H,3-5,9,16H2,1-2H3. The van der Waals surface area contributed by atoms with Gasteiger partial charge in [-0.3, -0.25) is 0 Å². The van der Waals surface area contributed by atoms with Crippen molar-refractivity contribution in [2.24, 2.45) is 17.6 Å². The van der Waals surface area contributed by atoms with Gasteiger partial charge in [0.25, 0.3) is 0 Å². The Hall–Kier alpha value is -0.820. The van der Waals surface area contributed by atoms with Gasteiger partial charge in [-0.15, -0.1) is 0 Å². The van der Waals surface area contributed by atoms with E-state index in [9.17, 15) is 0 Å². The molecule has 2 unspecified atom stereocenters. The first-order chi connectivity index (χ1) is 7.61. The van der Waals surface area contributed by atoms with Crippen LogP contribution in [0.5, 0.6) is 0 Å². The average Bonchev–Trinajstić information content (AvgIpc) is 2.69. The summed E-state index contributed by atoms with van der Waals surface area (Å²) in [7, 11) is 0. The second kappa shape index (κ2) is 3.33. The largest absolute Gasteiger partial charge is 0.324 e. The third kappa shape index (κ3) is 1.41. The highest BCUT2D eigenvalue weighted by atomic mass is 14.9. The Morgan fingerprint density at radius 1 is 1.19 bits per heavy atom. The van der Waals surface area contributed by atoms with Crippen LogP contribution in [0.25, 0.3) is 0 Å². The predicted molar refractivity (Wildman–Crippen MR) is 67.4 cm³/mol. The van der Waals surface area contributed by atoms with Gasteiger partial charge < -0.3 is 5.73 Å². The van der Waals surface area contributed by atoms with E-state index in [0.29, 0.717) is 0 Å². The second-order valence-corrected chi connectivity index (χ2v) is 5.85. The van der Waals surface area contributed by atoms with Crippen molar-refractivity contribution >= 4 is 0 Å². The Bertz CT molecular complexity index is 411. The van der Waals surface area contributed by atoms with Crippen LogP contribution in [0.15, 0.2) is 18.2 Å². The minimum Gasteiger partial charge on any atom is -0.324 e. The lowest BCUT2D eigenvalue weighted by Crippen LogP contribution is -2.31. The van der Waals surface area contributed by atoms with Gasteiger partial charge in [0.05, 0.1) is 0 Å². The molecule has 0 bridgehead atoms. The molecule has 0 spiro atoms. The molecule has 0 saturated heterocycles. The highest BCUT2D eigenvalue weighted by Gasteiger charge is 2.62. The lowest BCUT2D eigenvalue weighted by atomic mass is 9.95. The fourth-order valence-electron chi connectivity index (χ4n) is 3.66. The molecule has 16 heavy (non-hydrogen) atoms. The summed E-state index contributed by atoms with van der Waals surface area (Å²) in [6.45, 7) is 4.36. The summed E-state index contributed by atoms with van der Waals surface area (Å²) < 4.78 is 0. The molecule has 2 atom stereocenters. The summed E-state index contributed by atoms with van der Waals surface area (Å²) in [5.41, 5.74) is 10.9. The Kier molecular flexibility index (Phi) is 2.16. The molecule has 0 aromatic heterocycles. The maximum atomic E-state index is 6.52. The van der Waals surface area contributed by atoms with Crippen LogP contribution in [-0.2, 0) is 6.42 Å². The maximum absolute atomic E-state index is 6.52. The minimum absolute atomic E-state index is 0.153. The van der Waals surface area contributed by atoms with Crippen molar-refractivity contribution in [1.29, 1.82) is 0 Å². The van der Waals surface area contributed by atoms with Crippen LogP contribution < -0.4 is 5.73 Å². The molecule has 0 aliphatic heterocycles. The highest BCUT2D eigenvalue weighted by molar-refractivity contribution is 5.33. The minimum atomic E-state index is 0.153. The number of rotatable bonds is 2. The van der Waals surface area contributed by atoms with Gasteiger partial charge in [-0.2, -0.15) is 0 Å². The summed E-state index contributed by atoms with van der Waals surface area (Å²) in [6, 6.07) is 6.80. The van der Waals surface area contributed by atoms with Gasteiger partial charge in [0.1, 0.15) is 0 Å². The molecule has 2 N–H and O–H groups in total. The number of fused-ring (bicyclic) bond motifs is 1. The number of benzene rings is 1. The van der Waals surface area contributed by atoms with Crippen LogP contribution in [0.2, 0.25) is 0 Å². The van der Waals surface area contributed by atoms with E-state index in [1.54, 1.807) is 0 Å². The van der Waals surface area contributed by atoms with Crippen molar-refractivity contribution in [3.63, 3.8) is 0 Å². The van der Waals surface area contributed by atoms with Gasteiger partial charge in [0.2, 0.25) is 0 Å². The molecule has 0 amide bonds. The lowest BCUT2D eigenvalue weighted by molar-refractivity contribution is 0.501. The van der Waals surface area contributed by atoms with Gasteiger partial charge in [-0.05, 0) is 61.6 Å². The normalized spacial score (nSPS) is 36.2. The van der Waals surface area contributed by atoms with Crippen LogP contribution in [0.3, 0.4) is 0 Å². The fourth-order valence-corrected chi connectivity index (χ4v) is 3.66. The van der Waals surface area contributed by atoms with Crippen molar-refractivity contribution in [2.45, 2.75) is 45.1 Å². The van der Waals surface area contributed by atoms with E-state index in [1.165, 1.54) is 36.0 Å². The van der Waals surface area contributed by atoms with Crippen molar-refractivity contribution in [3.05, 3.63) is 34.9 Å². The van der Waals surface area contributed by atoms with Gasteiger partial charge in [-0.1, -0.05) is 24.6 Å². The van der Waals surface area contributed by atoms with Crippen LogP contribution >= 0.6 is 0 Å². The number of hydrogen-bond acceptors (Lipinski definition) is 1. The quantitative estimate of drug-likeness (QED) is 0.806. The molecule has 86 valence electrons. The molecule has 1 aromatic rings. The average molecular weight is 215 g/mol. The molecule has 2 saturated carbocycles. The first-order valence-corrected chi connectivity index (χ1v) is 6.46. The highest BCUT2D eigenvalue weighted by Crippen LogP contribution is 2.60. The zero-order valence-corrected chi connectivity index (χ0v) is 10.3. The van der Waals surface area contributed by atoms with Crippen LogP contribution in [0, 0.1) is 25.7 Å². The van der Waals surface area contributed by atoms with Crippen molar-refractivity contribution in [3.8, 4) is 0 Å². The molecular formula is C15H21N. The van der Waals surface area contributed by atoms with E-state index in [1.807, 2.05) is 0 Å². The van der Waals surface area contributed by atoms with E-state index in [4.69, 9.17) is 5.73 Å². The summed E-state index contributed by atoms with van der Waals surface area (Å²) in [6.07, 6.45) is 5.22. The topological polar surface area (TPSA) is 26.0 Å². The van der Waals surface area contributed by atoms with Gasteiger partial charge in [0, 0.05) is 5.54 Å². The molecule has 3 rings (SSSR count). The third-order valence-corrected chi connectivity index (χ3v) is 4.87. The molecule has 1 heteroatoms. The van der Waals surface area contributed by atoms with Crippen molar-refractivity contribution in [2.75, 3.05) is 0 Å². The summed E-state index contributed by atoms with van der Waals surface area (Å²) in [5, 5.41) is 0. The molecule has 0 heterocycles. The molecule has 2 fully saturated rings. The van der Waals surface area contributed by atoms with Crippen LogP contribution in [0.4, 0.5) is 0 Å². The van der Waals surface area contributed by atoms with E-state index in [0.717, 1.165) is 18.3 Å². The van der Waals surface area contributed by atoms with Crippen LogP contribution in [-0.4, -0.2) is 5.54 Å². The lowest BCUT2D eigenvalue weighted by Gasteiger charge is -2.16. The number of aryl methyl sites for hydroxylation is 2. The Balaban J connectivity index is 1.78. The zero-order valence-electron chi connectivity index (χ0n) is 10.3. The smallest absolute Gasteiger partial charge is 0.0259 e. The molecule has 0 radical (unpaired) electrons. The van der Waals surface area contributed by atoms with Gasteiger partial charge >= 0.3 is 0 Å². The molecule has 1 nitrogen and oxygen atoms in total. The molecular weight excluding hydrogens is 194 g/mol. The second-order valence-electron chi connectivity index (χ2n) is 5.85. The maximum Gasteiger partial charge on any atom is 0.0259 e. The van der Waals surface area contributed by atoms with Crippen molar-refractivity contribution in [1.82, 2.24) is 0 Å². The van der Waals surface area contributed by atoms with Gasteiger partial charge in [0.15, 0.2) is 0 Å². The summed E-state index contributed by atoms with van der Waals surface area (Å²) in [5.74, 6) is 1.66. The van der Waals surface area contributed by atoms with E-state index >= 15 is 0 Å². The Morgan fingerprint density at radius 2 is 1.88 bits per heavy atom. The SMILES string of the molecule is Cc1ccc(CC2(N)C3CCCC32)cc1C. The van der Waals surface area contributed by atoms with E-state index in [-0.39, 0.29) is 5.54 Å². The number of hydrogen-bond donors (Lipinski definition) is 1. The summed E-state index contributed by atoms with van der Waals surface area (Å²) >= 11 is 0. The monoisotopic (exact) mass is 215 g/mol. The summed E-state index contributed by atoms with van der Waals surface area (Å²) in [4.78, 5) is 0. The number of nitrogens with two attached hydrogens (primary N) is 1. The first kappa shape index (κ1) is 10.3. The molecule has 1 aromatic carbocycles. The van der Waals surface area contributed by atoms with Gasteiger partial charge in [-0.25, -0.2) is 0 Å².